The van der Waals surface area contributed by atoms with Gasteiger partial charge in [0.15, 0.2) is 0 Å². The summed E-state index contributed by atoms with van der Waals surface area (Å²) in [5.41, 5.74) is 1.28. The lowest BCUT2D eigenvalue weighted by Gasteiger charge is -1.99. The highest BCUT2D eigenvalue weighted by Gasteiger charge is 1.85. The number of unbranched alkanes of at least 4 members (excludes halogenated alkanes) is 1. The molecule has 1 heteroatoms. The van der Waals surface area contributed by atoms with Crippen molar-refractivity contribution < 1.29 is 0 Å². The standard InChI is InChI=1S/C14H21N/c1-2-3-12-15-13-8-7-11-14-9-5-4-6-10-14/h4-7,9-11,15H,2-3,8,12-13H2,1H3/b11-7+. The Morgan fingerprint density at radius 1 is 1.13 bits per heavy atom. The minimum atomic E-state index is 1.09. The molecule has 0 heterocycles. The Morgan fingerprint density at radius 3 is 2.67 bits per heavy atom. The van der Waals surface area contributed by atoms with E-state index in [0.717, 1.165) is 19.5 Å². The third-order valence-corrected chi connectivity index (χ3v) is 2.30. The van der Waals surface area contributed by atoms with Gasteiger partial charge in [0.25, 0.3) is 0 Å². The zero-order valence-electron chi connectivity index (χ0n) is 9.58. The summed E-state index contributed by atoms with van der Waals surface area (Å²) in [5, 5.41) is 3.42. The monoisotopic (exact) mass is 203 g/mol. The molecule has 0 atom stereocenters. The van der Waals surface area contributed by atoms with Crippen molar-refractivity contribution in [2.24, 2.45) is 0 Å². The number of benzene rings is 1. The van der Waals surface area contributed by atoms with E-state index in [4.69, 9.17) is 0 Å². The van der Waals surface area contributed by atoms with Crippen LogP contribution in [0, 0.1) is 0 Å². The van der Waals surface area contributed by atoms with E-state index >= 15 is 0 Å². The SMILES string of the molecule is CCCCNCC/C=C/c1ccccc1. The van der Waals surface area contributed by atoms with Crippen LogP contribution in [0.1, 0.15) is 31.7 Å². The van der Waals surface area contributed by atoms with Crippen molar-refractivity contribution in [2.45, 2.75) is 26.2 Å². The lowest BCUT2D eigenvalue weighted by Crippen LogP contribution is -2.15. The van der Waals surface area contributed by atoms with Crippen LogP contribution in [-0.2, 0) is 0 Å². The van der Waals surface area contributed by atoms with Gasteiger partial charge in [-0.2, -0.15) is 0 Å². The maximum atomic E-state index is 3.42. The molecule has 0 aliphatic heterocycles. The second-order valence-corrected chi connectivity index (χ2v) is 3.71. The Kier molecular flexibility index (Phi) is 6.59. The number of rotatable bonds is 7. The Balaban J connectivity index is 2.07. The highest BCUT2D eigenvalue weighted by Crippen LogP contribution is 2.01. The summed E-state index contributed by atoms with van der Waals surface area (Å²) < 4.78 is 0. The molecule has 1 aromatic rings. The zero-order valence-corrected chi connectivity index (χ0v) is 9.58. The molecular formula is C14H21N. The number of hydrogen-bond acceptors (Lipinski definition) is 1. The molecule has 1 nitrogen and oxygen atoms in total. The van der Waals surface area contributed by atoms with Gasteiger partial charge in [-0.3, -0.25) is 0 Å². The molecule has 0 aromatic heterocycles. The topological polar surface area (TPSA) is 12.0 Å². The van der Waals surface area contributed by atoms with E-state index in [1.165, 1.54) is 18.4 Å². The summed E-state index contributed by atoms with van der Waals surface area (Å²) in [6, 6.07) is 10.4. The van der Waals surface area contributed by atoms with Crippen molar-refractivity contribution in [3.8, 4) is 0 Å². The van der Waals surface area contributed by atoms with Gasteiger partial charge in [0.1, 0.15) is 0 Å². The smallest absolute Gasteiger partial charge is 0.00142 e. The van der Waals surface area contributed by atoms with Crippen LogP contribution in [-0.4, -0.2) is 13.1 Å². The maximum absolute atomic E-state index is 3.42. The fraction of sp³-hybridized carbons (Fsp3) is 0.429. The quantitative estimate of drug-likeness (QED) is 0.669. The predicted molar refractivity (Wildman–Crippen MR) is 67.9 cm³/mol. The summed E-state index contributed by atoms with van der Waals surface area (Å²) in [5.74, 6) is 0. The van der Waals surface area contributed by atoms with Crippen LogP contribution < -0.4 is 5.32 Å². The van der Waals surface area contributed by atoms with E-state index in [1.54, 1.807) is 0 Å². The first-order valence-corrected chi connectivity index (χ1v) is 5.86. The van der Waals surface area contributed by atoms with Crippen LogP contribution in [0.3, 0.4) is 0 Å². The zero-order chi connectivity index (χ0) is 10.8. The Morgan fingerprint density at radius 2 is 1.93 bits per heavy atom. The van der Waals surface area contributed by atoms with Gasteiger partial charge in [-0.25, -0.2) is 0 Å². The Labute approximate surface area is 93.2 Å². The van der Waals surface area contributed by atoms with Gasteiger partial charge >= 0.3 is 0 Å². The normalized spacial score (nSPS) is 11.0. The van der Waals surface area contributed by atoms with Crippen LogP contribution in [0.2, 0.25) is 0 Å². The second-order valence-electron chi connectivity index (χ2n) is 3.71. The summed E-state index contributed by atoms with van der Waals surface area (Å²) in [6.07, 6.45) is 8.07. The van der Waals surface area contributed by atoms with E-state index in [-0.39, 0.29) is 0 Å². The van der Waals surface area contributed by atoms with E-state index in [9.17, 15) is 0 Å². The molecule has 0 amide bonds. The Hall–Kier alpha value is -1.08. The van der Waals surface area contributed by atoms with Crippen LogP contribution >= 0.6 is 0 Å². The molecule has 0 aliphatic rings. The molecule has 0 fully saturated rings. The first-order valence-electron chi connectivity index (χ1n) is 5.86. The van der Waals surface area contributed by atoms with Gasteiger partial charge in [0.05, 0.1) is 0 Å². The van der Waals surface area contributed by atoms with E-state index < -0.39 is 0 Å². The molecule has 15 heavy (non-hydrogen) atoms. The van der Waals surface area contributed by atoms with Gasteiger partial charge < -0.3 is 5.32 Å². The number of nitrogens with one attached hydrogen (secondary N) is 1. The molecule has 82 valence electrons. The van der Waals surface area contributed by atoms with Gasteiger partial charge in [0.2, 0.25) is 0 Å². The predicted octanol–water partition coefficient (Wildman–Crippen LogP) is 3.48. The van der Waals surface area contributed by atoms with E-state index in [0.29, 0.717) is 0 Å². The van der Waals surface area contributed by atoms with Crippen molar-refractivity contribution in [3.63, 3.8) is 0 Å². The fourth-order valence-corrected chi connectivity index (χ4v) is 1.40. The third kappa shape index (κ3) is 6.08. The van der Waals surface area contributed by atoms with Crippen molar-refractivity contribution in [3.05, 3.63) is 42.0 Å². The lowest BCUT2D eigenvalue weighted by atomic mass is 10.2. The molecule has 0 saturated heterocycles. The van der Waals surface area contributed by atoms with Crippen molar-refractivity contribution in [1.29, 1.82) is 0 Å². The minimum Gasteiger partial charge on any atom is -0.316 e. The highest BCUT2D eigenvalue weighted by atomic mass is 14.8. The molecule has 1 rings (SSSR count). The highest BCUT2D eigenvalue weighted by molar-refractivity contribution is 5.48. The molecule has 0 radical (unpaired) electrons. The van der Waals surface area contributed by atoms with Crippen molar-refractivity contribution in [1.82, 2.24) is 5.32 Å². The average Bonchev–Trinajstić information content (AvgIpc) is 2.29. The van der Waals surface area contributed by atoms with Crippen LogP contribution in [0.4, 0.5) is 0 Å². The summed E-state index contributed by atoms with van der Waals surface area (Å²) in [4.78, 5) is 0. The largest absolute Gasteiger partial charge is 0.316 e. The number of hydrogen-bond donors (Lipinski definition) is 1. The van der Waals surface area contributed by atoms with Crippen molar-refractivity contribution >= 4 is 6.08 Å². The fourth-order valence-electron chi connectivity index (χ4n) is 1.40. The summed E-state index contributed by atoms with van der Waals surface area (Å²) in [7, 11) is 0. The molecule has 1 aromatic carbocycles. The van der Waals surface area contributed by atoms with Gasteiger partial charge in [-0.05, 0) is 31.5 Å². The van der Waals surface area contributed by atoms with Crippen LogP contribution in [0.5, 0.6) is 0 Å². The molecule has 0 spiro atoms. The lowest BCUT2D eigenvalue weighted by molar-refractivity contribution is 0.645. The average molecular weight is 203 g/mol. The van der Waals surface area contributed by atoms with E-state index in [1.807, 2.05) is 6.07 Å². The first-order chi connectivity index (χ1) is 7.43. The van der Waals surface area contributed by atoms with Gasteiger partial charge in [0, 0.05) is 0 Å². The minimum absolute atomic E-state index is 1.09. The summed E-state index contributed by atoms with van der Waals surface area (Å²) in [6.45, 7) is 4.45. The molecule has 0 aliphatic carbocycles. The van der Waals surface area contributed by atoms with Gasteiger partial charge in [-0.1, -0.05) is 55.8 Å². The third-order valence-electron chi connectivity index (χ3n) is 2.30. The second kappa shape index (κ2) is 8.25. The van der Waals surface area contributed by atoms with Crippen LogP contribution in [0.25, 0.3) is 6.08 Å². The summed E-state index contributed by atoms with van der Waals surface area (Å²) >= 11 is 0. The Bertz CT molecular complexity index is 264. The molecule has 0 saturated carbocycles. The molecule has 1 N–H and O–H groups in total. The first kappa shape index (κ1) is 12.0. The van der Waals surface area contributed by atoms with Gasteiger partial charge in [-0.15, -0.1) is 0 Å². The molecule has 0 bridgehead atoms. The van der Waals surface area contributed by atoms with E-state index in [2.05, 4.69) is 48.7 Å². The maximum Gasteiger partial charge on any atom is -0.00142 e. The van der Waals surface area contributed by atoms with Crippen LogP contribution in [0.15, 0.2) is 36.4 Å². The molecule has 0 unspecified atom stereocenters. The molecular weight excluding hydrogens is 182 g/mol. The van der Waals surface area contributed by atoms with Crippen molar-refractivity contribution in [2.75, 3.05) is 13.1 Å².